The highest BCUT2D eigenvalue weighted by atomic mass is 16.5. The molecule has 0 amide bonds. The second kappa shape index (κ2) is 12.3. The van der Waals surface area contributed by atoms with Crippen molar-refractivity contribution >= 4 is 0 Å². The molecule has 4 atom stereocenters. The van der Waals surface area contributed by atoms with Crippen molar-refractivity contribution in [1.82, 2.24) is 4.90 Å². The minimum absolute atomic E-state index is 0.246. The molecule has 0 aromatic heterocycles. The number of aliphatic hydroxyl groups excluding tert-OH is 4. The number of likely N-dealkylation sites (tertiary alicyclic amines) is 1. The van der Waals surface area contributed by atoms with E-state index in [1.807, 2.05) is 29.2 Å². The predicted molar refractivity (Wildman–Crippen MR) is 122 cm³/mol. The number of hydrogen-bond donors (Lipinski definition) is 4. The Hall–Kier alpha value is -2.00. The van der Waals surface area contributed by atoms with E-state index < -0.39 is 24.4 Å². The first-order valence-corrected chi connectivity index (χ1v) is 11.2. The lowest BCUT2D eigenvalue weighted by Crippen LogP contribution is -2.62. The van der Waals surface area contributed by atoms with Crippen LogP contribution in [0.25, 0.3) is 11.1 Å². The van der Waals surface area contributed by atoms with E-state index >= 15 is 0 Å². The number of para-hydroxylation sites is 1. The molecule has 1 aliphatic rings. The number of ether oxygens (including phenoxy) is 2. The van der Waals surface area contributed by atoms with Gasteiger partial charge in [0.15, 0.2) is 0 Å². The van der Waals surface area contributed by atoms with Gasteiger partial charge in [0.1, 0.15) is 18.0 Å². The molecule has 0 saturated carbocycles. The summed E-state index contributed by atoms with van der Waals surface area (Å²) in [6, 6.07) is 15.7. The molecule has 0 spiro atoms. The highest BCUT2D eigenvalue weighted by Gasteiger charge is 2.40. The maximum Gasteiger partial charge on any atom is 0.126 e. The van der Waals surface area contributed by atoms with Gasteiger partial charge in [0.25, 0.3) is 0 Å². The smallest absolute Gasteiger partial charge is 0.126 e. The molecule has 0 unspecified atom stereocenters. The summed E-state index contributed by atoms with van der Waals surface area (Å²) in [4.78, 5) is 1.85. The van der Waals surface area contributed by atoms with Crippen LogP contribution >= 0.6 is 0 Å². The normalized spacial score (nSPS) is 23.9. The first kappa shape index (κ1) is 24.6. The summed E-state index contributed by atoms with van der Waals surface area (Å²) in [7, 11) is 1.68. The van der Waals surface area contributed by atoms with Crippen molar-refractivity contribution in [3.63, 3.8) is 0 Å². The summed E-state index contributed by atoms with van der Waals surface area (Å²) in [5.41, 5.74) is 3.28. The van der Waals surface area contributed by atoms with Gasteiger partial charge in [0, 0.05) is 18.7 Å². The lowest BCUT2D eigenvalue weighted by atomic mass is 9.94. The third-order valence-electron chi connectivity index (χ3n) is 6.09. The van der Waals surface area contributed by atoms with Gasteiger partial charge < -0.3 is 29.9 Å². The van der Waals surface area contributed by atoms with E-state index in [0.717, 1.165) is 41.7 Å². The molecular weight excluding hydrogens is 410 g/mol. The van der Waals surface area contributed by atoms with E-state index in [-0.39, 0.29) is 13.2 Å². The molecular formula is C25H35NO6. The van der Waals surface area contributed by atoms with E-state index in [9.17, 15) is 20.4 Å². The summed E-state index contributed by atoms with van der Waals surface area (Å²) < 4.78 is 11.2. The predicted octanol–water partition coefficient (Wildman–Crippen LogP) is 1.81. The van der Waals surface area contributed by atoms with Gasteiger partial charge in [-0.1, -0.05) is 42.5 Å². The van der Waals surface area contributed by atoms with Crippen LogP contribution in [0.5, 0.6) is 5.75 Å². The largest absolute Gasteiger partial charge is 0.496 e. The summed E-state index contributed by atoms with van der Waals surface area (Å²) >= 11 is 0. The second-order valence-corrected chi connectivity index (χ2v) is 8.30. The quantitative estimate of drug-likeness (QED) is 0.391. The molecule has 176 valence electrons. The molecule has 1 fully saturated rings. The molecule has 7 heteroatoms. The van der Waals surface area contributed by atoms with Crippen molar-refractivity contribution in [2.24, 2.45) is 0 Å². The number of aliphatic hydroxyl groups is 4. The van der Waals surface area contributed by atoms with E-state index in [4.69, 9.17) is 9.47 Å². The number of nitrogens with zero attached hydrogens (tertiary/aromatic N) is 1. The molecule has 0 bridgehead atoms. The van der Waals surface area contributed by atoms with Crippen LogP contribution < -0.4 is 4.74 Å². The number of methoxy groups -OCH3 is 1. The first-order valence-electron chi connectivity index (χ1n) is 11.2. The van der Waals surface area contributed by atoms with Gasteiger partial charge in [-0.05, 0) is 43.0 Å². The van der Waals surface area contributed by atoms with Crippen molar-refractivity contribution in [2.75, 3.05) is 33.4 Å². The third-order valence-corrected chi connectivity index (χ3v) is 6.09. The van der Waals surface area contributed by atoms with Gasteiger partial charge in [-0.2, -0.15) is 0 Å². The van der Waals surface area contributed by atoms with E-state index in [1.54, 1.807) is 7.11 Å². The van der Waals surface area contributed by atoms with Gasteiger partial charge in [-0.3, -0.25) is 4.90 Å². The fourth-order valence-corrected chi connectivity index (χ4v) is 4.18. The van der Waals surface area contributed by atoms with Crippen LogP contribution in [0.3, 0.4) is 0 Å². The Morgan fingerprint density at radius 3 is 2.41 bits per heavy atom. The molecule has 32 heavy (non-hydrogen) atoms. The van der Waals surface area contributed by atoms with Crippen molar-refractivity contribution in [3.8, 4) is 16.9 Å². The summed E-state index contributed by atoms with van der Waals surface area (Å²) in [6.07, 6.45) is -0.628. The highest BCUT2D eigenvalue weighted by molar-refractivity contribution is 5.70. The number of piperidine rings is 1. The number of benzene rings is 2. The Morgan fingerprint density at radius 2 is 1.69 bits per heavy atom. The van der Waals surface area contributed by atoms with Crippen LogP contribution in [0, 0.1) is 0 Å². The van der Waals surface area contributed by atoms with Gasteiger partial charge >= 0.3 is 0 Å². The fourth-order valence-electron chi connectivity index (χ4n) is 4.18. The molecule has 0 aliphatic carbocycles. The average Bonchev–Trinajstić information content (AvgIpc) is 2.82. The van der Waals surface area contributed by atoms with Gasteiger partial charge in [0.05, 0.1) is 32.5 Å². The lowest BCUT2D eigenvalue weighted by Gasteiger charge is -2.43. The van der Waals surface area contributed by atoms with Crippen LogP contribution in [-0.2, 0) is 11.3 Å². The number of rotatable bonds is 11. The maximum atomic E-state index is 10.0. The van der Waals surface area contributed by atoms with E-state index in [1.165, 1.54) is 0 Å². The average molecular weight is 446 g/mol. The van der Waals surface area contributed by atoms with Crippen molar-refractivity contribution < 1.29 is 29.9 Å². The van der Waals surface area contributed by atoms with Crippen LogP contribution in [-0.4, -0.2) is 83.1 Å². The van der Waals surface area contributed by atoms with Crippen molar-refractivity contribution in [1.29, 1.82) is 0 Å². The topological polar surface area (TPSA) is 103 Å². The Labute approximate surface area is 189 Å². The molecule has 2 aromatic carbocycles. The van der Waals surface area contributed by atoms with Crippen LogP contribution in [0.2, 0.25) is 0 Å². The molecule has 1 heterocycles. The van der Waals surface area contributed by atoms with Gasteiger partial charge in [-0.25, -0.2) is 0 Å². The number of hydrogen-bond acceptors (Lipinski definition) is 7. The minimum atomic E-state index is -1.21. The van der Waals surface area contributed by atoms with Gasteiger partial charge in [-0.15, -0.1) is 0 Å². The first-order chi connectivity index (χ1) is 15.5. The zero-order chi connectivity index (χ0) is 22.9. The molecule has 1 saturated heterocycles. The van der Waals surface area contributed by atoms with Gasteiger partial charge in [0.2, 0.25) is 0 Å². The third kappa shape index (κ3) is 6.28. The summed E-state index contributed by atoms with van der Waals surface area (Å²) in [6.45, 7) is 1.87. The second-order valence-electron chi connectivity index (χ2n) is 8.30. The van der Waals surface area contributed by atoms with E-state index in [0.29, 0.717) is 19.8 Å². The van der Waals surface area contributed by atoms with Crippen molar-refractivity contribution in [3.05, 3.63) is 54.1 Å². The Morgan fingerprint density at radius 1 is 0.938 bits per heavy atom. The Kier molecular flexibility index (Phi) is 9.47. The van der Waals surface area contributed by atoms with Crippen molar-refractivity contribution in [2.45, 2.75) is 50.2 Å². The molecule has 2 aromatic rings. The molecule has 0 radical (unpaired) electrons. The standard InChI is InChI=1S/C25H35NO6/c1-31-23-8-4-3-7-20(23)19-11-9-18(10-12-19)17-32-14-6-2-5-13-26-15-22(28)25(30)24(29)21(26)16-27/h3-4,7-12,21-22,24-25,27-30H,2,5-6,13-17H2,1H3/t21-,22+,24-,25-/m1/s1. The number of unbranched alkanes of at least 4 members (excludes halogenated alkanes) is 2. The molecule has 1 aliphatic heterocycles. The Bertz CT molecular complexity index is 814. The van der Waals surface area contributed by atoms with Crippen LogP contribution in [0.15, 0.2) is 48.5 Å². The maximum absolute atomic E-state index is 10.0. The summed E-state index contributed by atoms with van der Waals surface area (Å²) in [5.74, 6) is 0.853. The fraction of sp³-hybridized carbons (Fsp3) is 0.520. The zero-order valence-corrected chi connectivity index (χ0v) is 18.6. The Balaban J connectivity index is 1.35. The SMILES string of the molecule is COc1ccccc1-c1ccc(COCCCCCN2C[C@H](O)[C@@H](O)[C@H](O)[C@H]2CO)cc1. The van der Waals surface area contributed by atoms with Crippen LogP contribution in [0.4, 0.5) is 0 Å². The zero-order valence-electron chi connectivity index (χ0n) is 18.6. The lowest BCUT2D eigenvalue weighted by molar-refractivity contribution is -0.145. The summed E-state index contributed by atoms with van der Waals surface area (Å²) in [5, 5.41) is 39.2. The minimum Gasteiger partial charge on any atom is -0.496 e. The monoisotopic (exact) mass is 445 g/mol. The molecule has 7 nitrogen and oxygen atoms in total. The van der Waals surface area contributed by atoms with E-state index in [2.05, 4.69) is 24.3 Å². The molecule has 3 rings (SSSR count). The molecule has 4 N–H and O–H groups in total. The number of β-amino-alcohol motifs (C(OH)–C–C–N with tert-alkyl or cyclic N) is 1. The van der Waals surface area contributed by atoms with Crippen LogP contribution in [0.1, 0.15) is 24.8 Å². The highest BCUT2D eigenvalue weighted by Crippen LogP contribution is 2.29.